The standard InChI is InChI=1S/C6H10N4O2/c1-2-10-4-3(8-6(10)12)7-5(11)9-4/h3-4H,2H2,1H3,(H,8,12)(H2,7,9,11). The molecule has 2 fully saturated rings. The van der Waals surface area contributed by atoms with Gasteiger partial charge in [-0.15, -0.1) is 0 Å². The first-order valence-corrected chi connectivity index (χ1v) is 3.86. The molecule has 4 amide bonds. The van der Waals surface area contributed by atoms with Crippen LogP contribution in [0.5, 0.6) is 0 Å². The molecule has 0 radical (unpaired) electrons. The highest BCUT2D eigenvalue weighted by Gasteiger charge is 2.44. The molecule has 2 aliphatic rings. The van der Waals surface area contributed by atoms with E-state index in [-0.39, 0.29) is 24.4 Å². The fraction of sp³-hybridized carbons (Fsp3) is 0.667. The summed E-state index contributed by atoms with van der Waals surface area (Å²) in [6.45, 7) is 2.46. The highest BCUT2D eigenvalue weighted by Crippen LogP contribution is 2.12. The van der Waals surface area contributed by atoms with Crippen LogP contribution in [-0.4, -0.2) is 35.8 Å². The van der Waals surface area contributed by atoms with E-state index in [1.54, 1.807) is 4.90 Å². The Morgan fingerprint density at radius 3 is 2.75 bits per heavy atom. The number of nitrogens with one attached hydrogen (secondary N) is 3. The maximum Gasteiger partial charge on any atom is 0.320 e. The molecule has 0 aromatic heterocycles. The number of urea groups is 2. The molecular formula is C6H10N4O2. The van der Waals surface area contributed by atoms with Crippen LogP contribution < -0.4 is 16.0 Å². The van der Waals surface area contributed by atoms with Crippen molar-refractivity contribution in [1.29, 1.82) is 0 Å². The van der Waals surface area contributed by atoms with Gasteiger partial charge in [0.15, 0.2) is 0 Å². The average molecular weight is 170 g/mol. The highest BCUT2D eigenvalue weighted by atomic mass is 16.2. The van der Waals surface area contributed by atoms with Crippen molar-refractivity contribution in [2.24, 2.45) is 0 Å². The second-order valence-electron chi connectivity index (χ2n) is 2.78. The third kappa shape index (κ3) is 0.806. The second-order valence-corrected chi connectivity index (χ2v) is 2.78. The number of fused-ring (bicyclic) bond motifs is 1. The molecule has 2 aliphatic heterocycles. The van der Waals surface area contributed by atoms with Gasteiger partial charge in [-0.1, -0.05) is 0 Å². The van der Waals surface area contributed by atoms with E-state index in [1.165, 1.54) is 0 Å². The molecule has 0 aliphatic carbocycles. The van der Waals surface area contributed by atoms with E-state index in [4.69, 9.17) is 0 Å². The molecule has 2 saturated heterocycles. The van der Waals surface area contributed by atoms with Crippen LogP contribution in [0.15, 0.2) is 0 Å². The number of carbonyl (C=O) groups is 2. The van der Waals surface area contributed by atoms with Crippen LogP contribution >= 0.6 is 0 Å². The van der Waals surface area contributed by atoms with Crippen molar-refractivity contribution in [1.82, 2.24) is 20.9 Å². The maximum absolute atomic E-state index is 11.1. The van der Waals surface area contributed by atoms with Crippen LogP contribution in [0.1, 0.15) is 6.92 Å². The molecule has 2 heterocycles. The smallest absolute Gasteiger partial charge is 0.314 e. The summed E-state index contributed by atoms with van der Waals surface area (Å²) in [4.78, 5) is 23.5. The predicted molar refractivity (Wildman–Crippen MR) is 40.2 cm³/mol. The zero-order chi connectivity index (χ0) is 8.72. The van der Waals surface area contributed by atoms with Crippen molar-refractivity contribution < 1.29 is 9.59 Å². The monoisotopic (exact) mass is 170 g/mol. The van der Waals surface area contributed by atoms with Crippen LogP contribution in [0.3, 0.4) is 0 Å². The van der Waals surface area contributed by atoms with Gasteiger partial charge in [-0.05, 0) is 6.92 Å². The third-order valence-electron chi connectivity index (χ3n) is 2.10. The number of likely N-dealkylation sites (N-methyl/N-ethyl adjacent to an activating group) is 1. The Bertz CT molecular complexity index is 242. The molecule has 2 unspecified atom stereocenters. The van der Waals surface area contributed by atoms with Gasteiger partial charge >= 0.3 is 12.1 Å². The van der Waals surface area contributed by atoms with E-state index in [0.717, 1.165) is 0 Å². The van der Waals surface area contributed by atoms with Gasteiger partial charge in [-0.3, -0.25) is 0 Å². The highest BCUT2D eigenvalue weighted by molar-refractivity contribution is 5.84. The van der Waals surface area contributed by atoms with Crippen LogP contribution in [0, 0.1) is 0 Å². The molecule has 0 bridgehead atoms. The minimum atomic E-state index is -0.273. The molecule has 0 aromatic carbocycles. The Morgan fingerprint density at radius 2 is 2.08 bits per heavy atom. The minimum Gasteiger partial charge on any atom is -0.314 e. The molecule has 6 nitrogen and oxygen atoms in total. The van der Waals surface area contributed by atoms with Gasteiger partial charge < -0.3 is 20.9 Å². The Hall–Kier alpha value is -1.46. The quantitative estimate of drug-likeness (QED) is 0.472. The van der Waals surface area contributed by atoms with E-state index in [0.29, 0.717) is 6.54 Å². The summed E-state index contributed by atoms with van der Waals surface area (Å²) in [5, 5.41) is 7.87. The first kappa shape index (κ1) is 7.20. The van der Waals surface area contributed by atoms with Gasteiger partial charge in [0.1, 0.15) is 12.3 Å². The summed E-state index contributed by atoms with van der Waals surface area (Å²) in [5.41, 5.74) is 0. The second kappa shape index (κ2) is 2.26. The average Bonchev–Trinajstić information content (AvgIpc) is 2.43. The number of hydrogen-bond acceptors (Lipinski definition) is 2. The van der Waals surface area contributed by atoms with Gasteiger partial charge in [0, 0.05) is 6.54 Å². The topological polar surface area (TPSA) is 73.5 Å². The Balaban J connectivity index is 2.16. The molecule has 6 heteroatoms. The summed E-state index contributed by atoms with van der Waals surface area (Å²) >= 11 is 0. The lowest BCUT2D eigenvalue weighted by atomic mass is 10.4. The number of nitrogens with zero attached hydrogens (tertiary/aromatic N) is 1. The van der Waals surface area contributed by atoms with E-state index in [2.05, 4.69) is 16.0 Å². The molecule has 0 saturated carbocycles. The van der Waals surface area contributed by atoms with Gasteiger partial charge in [0.2, 0.25) is 0 Å². The van der Waals surface area contributed by atoms with Crippen LogP contribution in [-0.2, 0) is 0 Å². The van der Waals surface area contributed by atoms with Crippen molar-refractivity contribution in [2.75, 3.05) is 6.54 Å². The van der Waals surface area contributed by atoms with Gasteiger partial charge in [-0.2, -0.15) is 0 Å². The number of hydrogen-bond donors (Lipinski definition) is 3. The normalized spacial score (nSPS) is 32.6. The zero-order valence-corrected chi connectivity index (χ0v) is 6.63. The van der Waals surface area contributed by atoms with Crippen molar-refractivity contribution in [3.05, 3.63) is 0 Å². The van der Waals surface area contributed by atoms with Gasteiger partial charge in [0.25, 0.3) is 0 Å². The van der Waals surface area contributed by atoms with Gasteiger partial charge in [0.05, 0.1) is 0 Å². The molecule has 0 spiro atoms. The number of amides is 4. The molecular weight excluding hydrogens is 160 g/mol. The van der Waals surface area contributed by atoms with E-state index >= 15 is 0 Å². The summed E-state index contributed by atoms with van der Waals surface area (Å²) in [6, 6.07) is -0.372. The van der Waals surface area contributed by atoms with E-state index in [9.17, 15) is 9.59 Å². The fourth-order valence-corrected chi connectivity index (χ4v) is 1.53. The van der Waals surface area contributed by atoms with E-state index in [1.807, 2.05) is 6.92 Å². The largest absolute Gasteiger partial charge is 0.320 e. The van der Waals surface area contributed by atoms with E-state index < -0.39 is 0 Å². The lowest BCUT2D eigenvalue weighted by Gasteiger charge is -2.18. The van der Waals surface area contributed by atoms with Crippen molar-refractivity contribution >= 4 is 12.1 Å². The molecule has 2 rings (SSSR count). The predicted octanol–water partition coefficient (Wildman–Crippen LogP) is -1.00. The Labute approximate surface area is 69.3 Å². The first-order valence-electron chi connectivity index (χ1n) is 3.86. The van der Waals surface area contributed by atoms with Crippen molar-refractivity contribution in [3.63, 3.8) is 0 Å². The van der Waals surface area contributed by atoms with Crippen LogP contribution in [0.25, 0.3) is 0 Å². The van der Waals surface area contributed by atoms with Crippen LogP contribution in [0.4, 0.5) is 9.59 Å². The molecule has 2 atom stereocenters. The Morgan fingerprint density at radius 1 is 1.33 bits per heavy atom. The molecule has 3 N–H and O–H groups in total. The summed E-state index contributed by atoms with van der Waals surface area (Å²) < 4.78 is 0. The van der Waals surface area contributed by atoms with Crippen molar-refractivity contribution in [2.45, 2.75) is 19.3 Å². The van der Waals surface area contributed by atoms with Crippen LogP contribution in [0.2, 0.25) is 0 Å². The SMILES string of the molecule is CCN1C(=O)NC2NC(=O)NC21. The fourth-order valence-electron chi connectivity index (χ4n) is 1.53. The number of carbonyl (C=O) groups excluding carboxylic acids is 2. The lowest BCUT2D eigenvalue weighted by Crippen LogP contribution is -2.43. The summed E-state index contributed by atoms with van der Waals surface area (Å²) in [6.07, 6.45) is -0.500. The summed E-state index contributed by atoms with van der Waals surface area (Å²) in [7, 11) is 0. The van der Waals surface area contributed by atoms with Gasteiger partial charge in [-0.25, -0.2) is 9.59 Å². The molecule has 0 aromatic rings. The molecule has 12 heavy (non-hydrogen) atoms. The van der Waals surface area contributed by atoms with Crippen molar-refractivity contribution in [3.8, 4) is 0 Å². The zero-order valence-electron chi connectivity index (χ0n) is 6.63. The first-order chi connectivity index (χ1) is 5.72. The Kier molecular flexibility index (Phi) is 1.36. The lowest BCUT2D eigenvalue weighted by molar-refractivity contribution is 0.200. The maximum atomic E-state index is 11.1. The summed E-state index contributed by atoms with van der Waals surface area (Å²) in [5.74, 6) is 0. The number of rotatable bonds is 1. The third-order valence-corrected chi connectivity index (χ3v) is 2.10. The molecule has 66 valence electrons. The minimum absolute atomic E-state index is 0.139.